The second-order valence-electron chi connectivity index (χ2n) is 4.16. The van der Waals surface area contributed by atoms with Crippen LogP contribution in [0.15, 0.2) is 40.4 Å². The number of aromatic nitrogens is 1. The Morgan fingerprint density at radius 3 is 2.90 bits per heavy atom. The SMILES string of the molecule is Cc1nc(-c2ccsc2)sc1C(=O)/C=C/c1cccs1. The Hall–Kier alpha value is -1.56. The molecule has 3 rings (SSSR count). The number of thiophene rings is 2. The molecule has 0 atom stereocenters. The van der Waals surface area contributed by atoms with Crippen molar-refractivity contribution in [3.63, 3.8) is 0 Å². The van der Waals surface area contributed by atoms with Gasteiger partial charge in [0.2, 0.25) is 0 Å². The van der Waals surface area contributed by atoms with Crippen LogP contribution in [0.3, 0.4) is 0 Å². The average Bonchev–Trinajstić information content (AvgIpc) is 3.17. The molecule has 0 amide bonds. The maximum atomic E-state index is 12.2. The first-order chi connectivity index (χ1) is 9.74. The van der Waals surface area contributed by atoms with Crippen LogP contribution in [0.4, 0.5) is 0 Å². The standard InChI is InChI=1S/C15H11NOS3/c1-10-14(13(17)5-4-12-3-2-7-19-12)20-15(16-10)11-6-8-18-9-11/h2-9H,1H3/b5-4+. The third-order valence-electron chi connectivity index (χ3n) is 2.73. The van der Waals surface area contributed by atoms with Gasteiger partial charge in [-0.3, -0.25) is 4.79 Å². The molecule has 3 aromatic heterocycles. The van der Waals surface area contributed by atoms with Gasteiger partial charge in [-0.15, -0.1) is 22.7 Å². The van der Waals surface area contributed by atoms with Crippen molar-refractivity contribution >= 4 is 45.9 Å². The molecule has 0 spiro atoms. The number of carbonyl (C=O) groups excluding carboxylic acids is 1. The highest BCUT2D eigenvalue weighted by atomic mass is 32.1. The summed E-state index contributed by atoms with van der Waals surface area (Å²) >= 11 is 4.71. The molecule has 0 saturated heterocycles. The summed E-state index contributed by atoms with van der Waals surface area (Å²) in [6.07, 6.45) is 3.49. The average molecular weight is 317 g/mol. The van der Waals surface area contributed by atoms with E-state index in [0.717, 1.165) is 26.0 Å². The molecule has 0 saturated carbocycles. The molecule has 0 N–H and O–H groups in total. The molecule has 5 heteroatoms. The second kappa shape index (κ2) is 5.83. The first kappa shape index (κ1) is 13.4. The number of nitrogens with zero attached hydrogens (tertiary/aromatic N) is 1. The highest BCUT2D eigenvalue weighted by Crippen LogP contribution is 2.29. The van der Waals surface area contributed by atoms with Crippen molar-refractivity contribution in [1.82, 2.24) is 4.98 Å². The van der Waals surface area contributed by atoms with Gasteiger partial charge >= 0.3 is 0 Å². The fourth-order valence-corrected chi connectivity index (χ4v) is 4.07. The van der Waals surface area contributed by atoms with Crippen molar-refractivity contribution in [3.05, 3.63) is 55.9 Å². The van der Waals surface area contributed by atoms with Crippen LogP contribution in [0.5, 0.6) is 0 Å². The first-order valence-corrected chi connectivity index (χ1v) is 8.64. The molecule has 0 bridgehead atoms. The molecule has 0 aliphatic rings. The molecule has 3 aromatic rings. The summed E-state index contributed by atoms with van der Waals surface area (Å²) < 4.78 is 0. The molecule has 100 valence electrons. The zero-order valence-corrected chi connectivity index (χ0v) is 13.1. The van der Waals surface area contributed by atoms with Crippen LogP contribution < -0.4 is 0 Å². The lowest BCUT2D eigenvalue weighted by atomic mass is 10.2. The highest BCUT2D eigenvalue weighted by molar-refractivity contribution is 7.17. The Bertz CT molecular complexity index is 736. The predicted octanol–water partition coefficient (Wildman–Crippen LogP) is 5.14. The smallest absolute Gasteiger partial charge is 0.197 e. The van der Waals surface area contributed by atoms with E-state index in [1.165, 1.54) is 11.3 Å². The summed E-state index contributed by atoms with van der Waals surface area (Å²) in [7, 11) is 0. The van der Waals surface area contributed by atoms with Gasteiger partial charge < -0.3 is 0 Å². The second-order valence-corrected chi connectivity index (χ2v) is 6.92. The van der Waals surface area contributed by atoms with E-state index in [-0.39, 0.29) is 5.78 Å². The van der Waals surface area contributed by atoms with Crippen molar-refractivity contribution < 1.29 is 4.79 Å². The molecule has 0 aromatic carbocycles. The van der Waals surface area contributed by atoms with Gasteiger partial charge in [0.05, 0.1) is 10.6 Å². The molecular weight excluding hydrogens is 306 g/mol. The number of allylic oxidation sites excluding steroid dienone is 1. The van der Waals surface area contributed by atoms with Crippen molar-refractivity contribution in [3.8, 4) is 10.6 Å². The zero-order valence-electron chi connectivity index (χ0n) is 10.7. The maximum absolute atomic E-state index is 12.2. The van der Waals surface area contributed by atoms with Gasteiger partial charge in [-0.25, -0.2) is 4.98 Å². The number of hydrogen-bond donors (Lipinski definition) is 0. The van der Waals surface area contributed by atoms with Gasteiger partial charge in [0, 0.05) is 15.8 Å². The zero-order chi connectivity index (χ0) is 13.9. The van der Waals surface area contributed by atoms with E-state index < -0.39 is 0 Å². The summed E-state index contributed by atoms with van der Waals surface area (Å²) in [5, 5.41) is 6.98. The van der Waals surface area contributed by atoms with Crippen LogP contribution in [0.2, 0.25) is 0 Å². The van der Waals surface area contributed by atoms with Crippen LogP contribution >= 0.6 is 34.0 Å². The monoisotopic (exact) mass is 317 g/mol. The number of aryl methyl sites for hydroxylation is 1. The van der Waals surface area contributed by atoms with E-state index in [4.69, 9.17) is 0 Å². The van der Waals surface area contributed by atoms with Crippen LogP contribution in [0.1, 0.15) is 20.2 Å². The van der Waals surface area contributed by atoms with E-state index in [9.17, 15) is 4.79 Å². The van der Waals surface area contributed by atoms with E-state index in [0.29, 0.717) is 0 Å². The van der Waals surface area contributed by atoms with Gasteiger partial charge in [-0.2, -0.15) is 11.3 Å². The molecule has 0 fully saturated rings. The van der Waals surface area contributed by atoms with Gasteiger partial charge in [0.15, 0.2) is 5.78 Å². The Morgan fingerprint density at radius 2 is 2.20 bits per heavy atom. The Labute approximate surface area is 129 Å². The molecule has 3 heterocycles. The summed E-state index contributed by atoms with van der Waals surface area (Å²) in [6.45, 7) is 1.89. The van der Waals surface area contributed by atoms with Crippen molar-refractivity contribution in [2.24, 2.45) is 0 Å². The fraction of sp³-hybridized carbons (Fsp3) is 0.0667. The molecule has 2 nitrogen and oxygen atoms in total. The first-order valence-electron chi connectivity index (χ1n) is 6.00. The number of carbonyl (C=O) groups is 1. The molecule has 20 heavy (non-hydrogen) atoms. The van der Waals surface area contributed by atoms with Crippen molar-refractivity contribution in [2.45, 2.75) is 6.92 Å². The quantitative estimate of drug-likeness (QED) is 0.493. The van der Waals surface area contributed by atoms with Gasteiger partial charge in [0.1, 0.15) is 5.01 Å². The molecule has 0 radical (unpaired) electrons. The Balaban J connectivity index is 1.85. The predicted molar refractivity (Wildman–Crippen MR) is 87.8 cm³/mol. The summed E-state index contributed by atoms with van der Waals surface area (Å²) in [4.78, 5) is 18.5. The van der Waals surface area contributed by atoms with Gasteiger partial charge in [-0.1, -0.05) is 6.07 Å². The fourth-order valence-electron chi connectivity index (χ4n) is 1.75. The minimum Gasteiger partial charge on any atom is -0.288 e. The summed E-state index contributed by atoms with van der Waals surface area (Å²) in [6, 6.07) is 5.99. The number of rotatable bonds is 4. The lowest BCUT2D eigenvalue weighted by molar-refractivity contribution is 0.105. The van der Waals surface area contributed by atoms with E-state index in [2.05, 4.69) is 4.98 Å². The third kappa shape index (κ3) is 2.80. The highest BCUT2D eigenvalue weighted by Gasteiger charge is 2.14. The molecule has 0 aliphatic heterocycles. The minimum atomic E-state index is 0.0230. The van der Waals surface area contributed by atoms with E-state index in [1.54, 1.807) is 28.7 Å². The summed E-state index contributed by atoms with van der Waals surface area (Å²) in [5.74, 6) is 0.0230. The van der Waals surface area contributed by atoms with Gasteiger partial charge in [0.25, 0.3) is 0 Å². The van der Waals surface area contributed by atoms with Gasteiger partial charge in [-0.05, 0) is 42.0 Å². The number of ketones is 1. The topological polar surface area (TPSA) is 30.0 Å². The number of thiazole rings is 1. The van der Waals surface area contributed by atoms with Crippen LogP contribution in [0.25, 0.3) is 16.6 Å². The van der Waals surface area contributed by atoms with Crippen LogP contribution in [-0.4, -0.2) is 10.8 Å². The molecule has 0 unspecified atom stereocenters. The lowest BCUT2D eigenvalue weighted by Gasteiger charge is -1.90. The number of hydrogen-bond acceptors (Lipinski definition) is 5. The Kier molecular flexibility index (Phi) is 3.91. The Morgan fingerprint density at radius 1 is 1.30 bits per heavy atom. The minimum absolute atomic E-state index is 0.0230. The van der Waals surface area contributed by atoms with E-state index in [1.807, 2.05) is 47.3 Å². The van der Waals surface area contributed by atoms with Crippen LogP contribution in [-0.2, 0) is 0 Å². The van der Waals surface area contributed by atoms with Crippen molar-refractivity contribution in [2.75, 3.05) is 0 Å². The van der Waals surface area contributed by atoms with Crippen LogP contribution in [0, 0.1) is 6.92 Å². The lowest BCUT2D eigenvalue weighted by Crippen LogP contribution is -1.92. The molecule has 0 aliphatic carbocycles. The van der Waals surface area contributed by atoms with Crippen molar-refractivity contribution in [1.29, 1.82) is 0 Å². The van der Waals surface area contributed by atoms with E-state index >= 15 is 0 Å². The third-order valence-corrected chi connectivity index (χ3v) is 5.47. The normalized spacial score (nSPS) is 11.2. The largest absolute Gasteiger partial charge is 0.288 e. The molecular formula is C15H11NOS3. The summed E-state index contributed by atoms with van der Waals surface area (Å²) in [5.41, 5.74) is 1.89. The maximum Gasteiger partial charge on any atom is 0.197 e.